The Bertz CT molecular complexity index is 811. The molecule has 0 aliphatic rings. The molecule has 106 valence electrons. The van der Waals surface area contributed by atoms with Gasteiger partial charge in [0.1, 0.15) is 5.82 Å². The highest BCUT2D eigenvalue weighted by Crippen LogP contribution is 2.16. The molecule has 21 heavy (non-hydrogen) atoms. The second-order valence-electron chi connectivity index (χ2n) is 4.69. The number of methoxy groups -OCH3 is 1. The predicted octanol–water partition coefficient (Wildman–Crippen LogP) is 3.37. The van der Waals surface area contributed by atoms with Crippen LogP contribution in [0.1, 0.15) is 21.7 Å². The lowest BCUT2D eigenvalue weighted by Gasteiger charge is -2.05. The Morgan fingerprint density at radius 1 is 1.33 bits per heavy atom. The van der Waals surface area contributed by atoms with E-state index in [1.54, 1.807) is 18.5 Å². The molecule has 0 aliphatic carbocycles. The van der Waals surface area contributed by atoms with Crippen molar-refractivity contribution < 1.29 is 9.53 Å². The third-order valence-electron chi connectivity index (χ3n) is 3.28. The molecular weight excluding hydrogens is 288 g/mol. The Morgan fingerprint density at radius 2 is 2.19 bits per heavy atom. The first-order valence-electron chi connectivity index (χ1n) is 6.46. The maximum absolute atomic E-state index is 11.6. The maximum atomic E-state index is 11.6. The number of carbonyl (C=O) groups excluding carboxylic acids is 1. The van der Waals surface area contributed by atoms with Crippen LogP contribution in [0.3, 0.4) is 0 Å². The van der Waals surface area contributed by atoms with Crippen LogP contribution in [-0.4, -0.2) is 22.5 Å². The maximum Gasteiger partial charge on any atom is 0.339 e. The highest BCUT2D eigenvalue weighted by atomic mass is 35.5. The highest BCUT2D eigenvalue weighted by Gasteiger charge is 2.10. The van der Waals surface area contributed by atoms with Gasteiger partial charge in [0.05, 0.1) is 24.4 Å². The molecule has 0 atom stereocenters. The van der Waals surface area contributed by atoms with Crippen LogP contribution in [0.5, 0.6) is 0 Å². The number of halogens is 1. The summed E-state index contributed by atoms with van der Waals surface area (Å²) in [5, 5.41) is 0.698. The summed E-state index contributed by atoms with van der Waals surface area (Å²) in [6.45, 7) is 0. The number of nitrogens with zero attached hydrogens (tertiary/aromatic N) is 2. The number of rotatable bonds is 3. The molecule has 1 aromatic carbocycles. The number of carbonyl (C=O) groups is 1. The molecule has 4 nitrogen and oxygen atoms in total. The quantitative estimate of drug-likeness (QED) is 0.697. The van der Waals surface area contributed by atoms with Gasteiger partial charge in [0.25, 0.3) is 0 Å². The van der Waals surface area contributed by atoms with Crippen molar-refractivity contribution in [3.63, 3.8) is 0 Å². The van der Waals surface area contributed by atoms with Crippen molar-refractivity contribution in [1.82, 2.24) is 9.38 Å². The summed E-state index contributed by atoms with van der Waals surface area (Å²) in [5.41, 5.74) is 2.49. The van der Waals surface area contributed by atoms with Gasteiger partial charge in [-0.2, -0.15) is 0 Å². The van der Waals surface area contributed by atoms with Gasteiger partial charge in [0, 0.05) is 17.6 Å². The Hall–Kier alpha value is -2.33. The lowest BCUT2D eigenvalue weighted by molar-refractivity contribution is 0.0600. The standard InChI is InChI=1S/C16H13ClN2O2/c1-21-16(20)12-5-6-14-9-18-15(19(14)10-12)8-11-3-2-4-13(17)7-11/h2-7,9-10H,8H2,1H3. The van der Waals surface area contributed by atoms with E-state index in [1.165, 1.54) is 7.11 Å². The number of ether oxygens (including phenoxy) is 1. The minimum absolute atomic E-state index is 0.362. The molecule has 0 saturated carbocycles. The number of aromatic nitrogens is 2. The van der Waals surface area contributed by atoms with E-state index in [1.807, 2.05) is 34.7 Å². The SMILES string of the molecule is COC(=O)c1ccc2cnc(Cc3cccc(Cl)c3)n2c1. The third-order valence-corrected chi connectivity index (χ3v) is 3.51. The van der Waals surface area contributed by atoms with Gasteiger partial charge in [-0.05, 0) is 29.8 Å². The molecule has 0 radical (unpaired) electrons. The molecule has 2 aromatic heterocycles. The van der Waals surface area contributed by atoms with Gasteiger partial charge in [-0.3, -0.25) is 0 Å². The predicted molar refractivity (Wildman–Crippen MR) is 80.8 cm³/mol. The van der Waals surface area contributed by atoms with E-state index in [2.05, 4.69) is 4.98 Å². The van der Waals surface area contributed by atoms with Crippen LogP contribution < -0.4 is 0 Å². The molecule has 0 spiro atoms. The normalized spacial score (nSPS) is 10.8. The zero-order valence-corrected chi connectivity index (χ0v) is 12.2. The van der Waals surface area contributed by atoms with Crippen LogP contribution in [0.15, 0.2) is 48.8 Å². The lowest BCUT2D eigenvalue weighted by atomic mass is 10.1. The second kappa shape index (κ2) is 5.58. The monoisotopic (exact) mass is 300 g/mol. The molecule has 5 heteroatoms. The summed E-state index contributed by atoms with van der Waals surface area (Å²) < 4.78 is 6.64. The molecule has 0 unspecified atom stereocenters. The third kappa shape index (κ3) is 2.76. The molecule has 0 saturated heterocycles. The van der Waals surface area contributed by atoms with E-state index in [9.17, 15) is 4.79 Å². The van der Waals surface area contributed by atoms with Crippen LogP contribution in [0, 0.1) is 0 Å². The Balaban J connectivity index is 2.00. The van der Waals surface area contributed by atoms with Gasteiger partial charge in [0.2, 0.25) is 0 Å². The summed E-state index contributed by atoms with van der Waals surface area (Å²) in [5.74, 6) is 0.484. The van der Waals surface area contributed by atoms with Crippen LogP contribution in [0.25, 0.3) is 5.52 Å². The average Bonchev–Trinajstić information content (AvgIpc) is 2.89. The number of benzene rings is 1. The molecule has 0 N–H and O–H groups in total. The average molecular weight is 301 g/mol. The fourth-order valence-electron chi connectivity index (χ4n) is 2.24. The fourth-order valence-corrected chi connectivity index (χ4v) is 2.46. The van der Waals surface area contributed by atoms with E-state index in [0.717, 1.165) is 16.9 Å². The first-order valence-corrected chi connectivity index (χ1v) is 6.84. The number of hydrogen-bond donors (Lipinski definition) is 0. The van der Waals surface area contributed by atoms with Gasteiger partial charge in [0.15, 0.2) is 0 Å². The van der Waals surface area contributed by atoms with Crippen LogP contribution in [0.2, 0.25) is 5.02 Å². The van der Waals surface area contributed by atoms with Gasteiger partial charge in [-0.1, -0.05) is 23.7 Å². The minimum Gasteiger partial charge on any atom is -0.465 e. The number of pyridine rings is 1. The van der Waals surface area contributed by atoms with Crippen molar-refractivity contribution in [1.29, 1.82) is 0 Å². The fraction of sp³-hybridized carbons (Fsp3) is 0.125. The Morgan fingerprint density at radius 3 is 2.95 bits per heavy atom. The zero-order chi connectivity index (χ0) is 14.8. The molecule has 3 aromatic rings. The van der Waals surface area contributed by atoms with Crippen LogP contribution >= 0.6 is 11.6 Å². The van der Waals surface area contributed by atoms with E-state index in [0.29, 0.717) is 17.0 Å². The largest absolute Gasteiger partial charge is 0.465 e. The first-order chi connectivity index (χ1) is 10.2. The summed E-state index contributed by atoms with van der Waals surface area (Å²) in [6.07, 6.45) is 4.16. The molecule has 2 heterocycles. The molecule has 0 fully saturated rings. The van der Waals surface area contributed by atoms with Gasteiger partial charge < -0.3 is 9.14 Å². The van der Waals surface area contributed by atoms with Crippen molar-refractivity contribution >= 4 is 23.1 Å². The number of hydrogen-bond acceptors (Lipinski definition) is 3. The van der Waals surface area contributed by atoms with Crippen molar-refractivity contribution in [2.45, 2.75) is 6.42 Å². The summed E-state index contributed by atoms with van der Waals surface area (Å²) in [6, 6.07) is 11.2. The smallest absolute Gasteiger partial charge is 0.339 e. The van der Waals surface area contributed by atoms with Crippen LogP contribution in [0.4, 0.5) is 0 Å². The van der Waals surface area contributed by atoms with Crippen LogP contribution in [-0.2, 0) is 11.2 Å². The summed E-state index contributed by atoms with van der Waals surface area (Å²) >= 11 is 6.00. The lowest BCUT2D eigenvalue weighted by Crippen LogP contribution is -2.04. The molecule has 0 bridgehead atoms. The number of imidazole rings is 1. The molecular formula is C16H13ClN2O2. The van der Waals surface area contributed by atoms with E-state index in [4.69, 9.17) is 16.3 Å². The molecule has 0 amide bonds. The van der Waals surface area contributed by atoms with Gasteiger partial charge >= 0.3 is 5.97 Å². The topological polar surface area (TPSA) is 43.6 Å². The zero-order valence-electron chi connectivity index (χ0n) is 11.4. The highest BCUT2D eigenvalue weighted by molar-refractivity contribution is 6.30. The number of esters is 1. The first kappa shape index (κ1) is 13.6. The molecule has 3 rings (SSSR count). The van der Waals surface area contributed by atoms with E-state index < -0.39 is 0 Å². The molecule has 0 aliphatic heterocycles. The van der Waals surface area contributed by atoms with E-state index in [-0.39, 0.29) is 5.97 Å². The van der Waals surface area contributed by atoms with E-state index >= 15 is 0 Å². The van der Waals surface area contributed by atoms with Crippen molar-refractivity contribution in [2.24, 2.45) is 0 Å². The Labute approximate surface area is 126 Å². The Kier molecular flexibility index (Phi) is 3.62. The van der Waals surface area contributed by atoms with Gasteiger partial charge in [-0.25, -0.2) is 9.78 Å². The van der Waals surface area contributed by atoms with Gasteiger partial charge in [-0.15, -0.1) is 0 Å². The van der Waals surface area contributed by atoms with Crippen molar-refractivity contribution in [2.75, 3.05) is 7.11 Å². The number of fused-ring (bicyclic) bond motifs is 1. The second-order valence-corrected chi connectivity index (χ2v) is 5.12. The van der Waals surface area contributed by atoms with Crippen molar-refractivity contribution in [3.8, 4) is 0 Å². The summed E-state index contributed by atoms with van der Waals surface area (Å²) in [7, 11) is 1.37. The van der Waals surface area contributed by atoms with Crippen molar-refractivity contribution in [3.05, 3.63) is 70.8 Å². The minimum atomic E-state index is -0.362. The summed E-state index contributed by atoms with van der Waals surface area (Å²) in [4.78, 5) is 16.0.